The number of halogens is 4. The van der Waals surface area contributed by atoms with Gasteiger partial charge in [0.15, 0.2) is 0 Å². The van der Waals surface area contributed by atoms with Crippen LogP contribution in [0.2, 0.25) is 5.02 Å². The Bertz CT molecular complexity index is 972. The molecule has 3 rings (SSSR count). The first-order chi connectivity index (χ1) is 11.9. The quantitative estimate of drug-likeness (QED) is 0.644. The van der Waals surface area contributed by atoms with E-state index >= 15 is 0 Å². The lowest BCUT2D eigenvalue weighted by Gasteiger charge is -2.11. The fraction of sp³-hybridized carbons (Fsp3) is 0.0588. The maximum absolute atomic E-state index is 13.2. The van der Waals surface area contributed by atoms with Crippen molar-refractivity contribution in [2.75, 3.05) is 0 Å². The predicted octanol–water partition coefficient (Wildman–Crippen LogP) is 4.79. The summed E-state index contributed by atoms with van der Waals surface area (Å²) in [7, 11) is 0. The Labute approximate surface area is 145 Å². The first-order valence-electron chi connectivity index (χ1n) is 7.13. The standard InChI is InChI=1S/C17H11ClF3N3O/c18-10-5-7-11(8-6-10)22-9-13-15(23-24-16(13)25)12-3-1-2-4-14(12)17(19,20)21/h1-9H,(H2,23,24,25). The van der Waals surface area contributed by atoms with Crippen LogP contribution in [-0.4, -0.2) is 16.4 Å². The number of hydrogen-bond donors (Lipinski definition) is 2. The van der Waals surface area contributed by atoms with Crippen LogP contribution in [0.1, 0.15) is 11.1 Å². The Morgan fingerprint density at radius 1 is 1.00 bits per heavy atom. The van der Waals surface area contributed by atoms with Crippen molar-refractivity contribution < 1.29 is 13.2 Å². The number of nitrogens with one attached hydrogen (secondary N) is 2. The van der Waals surface area contributed by atoms with Crippen molar-refractivity contribution >= 4 is 23.5 Å². The first-order valence-corrected chi connectivity index (χ1v) is 7.51. The van der Waals surface area contributed by atoms with Gasteiger partial charge in [-0.2, -0.15) is 13.2 Å². The number of H-pyrrole nitrogens is 2. The molecule has 0 aliphatic carbocycles. The Morgan fingerprint density at radius 3 is 2.36 bits per heavy atom. The Morgan fingerprint density at radius 2 is 1.68 bits per heavy atom. The number of aromatic amines is 2. The largest absolute Gasteiger partial charge is 0.417 e. The zero-order valence-electron chi connectivity index (χ0n) is 12.6. The van der Waals surface area contributed by atoms with Crippen molar-refractivity contribution in [3.63, 3.8) is 0 Å². The zero-order chi connectivity index (χ0) is 18.0. The number of aliphatic imine (C=N–C) groups is 1. The van der Waals surface area contributed by atoms with Gasteiger partial charge in [0.05, 0.1) is 22.5 Å². The molecule has 0 aliphatic heterocycles. The van der Waals surface area contributed by atoms with Crippen molar-refractivity contribution in [3.05, 3.63) is 75.0 Å². The minimum absolute atomic E-state index is 0.00616. The summed E-state index contributed by atoms with van der Waals surface area (Å²) in [6.07, 6.45) is -3.32. The summed E-state index contributed by atoms with van der Waals surface area (Å²) >= 11 is 5.78. The molecule has 0 atom stereocenters. The average Bonchev–Trinajstić information content (AvgIpc) is 2.94. The maximum atomic E-state index is 13.2. The number of rotatable bonds is 3. The van der Waals surface area contributed by atoms with Crippen LogP contribution in [0.25, 0.3) is 11.3 Å². The van der Waals surface area contributed by atoms with E-state index in [1.54, 1.807) is 24.3 Å². The number of alkyl halides is 3. The fourth-order valence-corrected chi connectivity index (χ4v) is 2.44. The summed E-state index contributed by atoms with van der Waals surface area (Å²) < 4.78 is 39.6. The molecule has 3 aromatic rings. The summed E-state index contributed by atoms with van der Waals surface area (Å²) in [6.45, 7) is 0. The van der Waals surface area contributed by atoms with Crippen LogP contribution in [-0.2, 0) is 6.18 Å². The third-order valence-electron chi connectivity index (χ3n) is 3.49. The van der Waals surface area contributed by atoms with E-state index in [0.29, 0.717) is 10.7 Å². The molecule has 0 saturated carbocycles. The molecule has 0 spiro atoms. The van der Waals surface area contributed by atoms with E-state index in [0.717, 1.165) is 6.07 Å². The molecule has 0 bridgehead atoms. The van der Waals surface area contributed by atoms with Gasteiger partial charge in [-0.15, -0.1) is 0 Å². The highest BCUT2D eigenvalue weighted by atomic mass is 35.5. The molecule has 8 heteroatoms. The van der Waals surface area contributed by atoms with Crippen LogP contribution >= 0.6 is 11.6 Å². The minimum Gasteiger partial charge on any atom is -0.297 e. The maximum Gasteiger partial charge on any atom is 0.417 e. The third-order valence-corrected chi connectivity index (χ3v) is 3.74. The Balaban J connectivity index is 2.07. The zero-order valence-corrected chi connectivity index (χ0v) is 13.3. The molecule has 0 fully saturated rings. The number of nitrogens with zero attached hydrogens (tertiary/aromatic N) is 1. The van der Waals surface area contributed by atoms with Crippen LogP contribution in [0.5, 0.6) is 0 Å². The van der Waals surface area contributed by atoms with Gasteiger partial charge in [0, 0.05) is 16.8 Å². The van der Waals surface area contributed by atoms with Crippen LogP contribution in [0, 0.1) is 0 Å². The van der Waals surface area contributed by atoms with Crippen molar-refractivity contribution in [3.8, 4) is 11.3 Å². The SMILES string of the molecule is O=c1[nH][nH]c(-c2ccccc2C(F)(F)F)c1C=Nc1ccc(Cl)cc1. The first kappa shape index (κ1) is 17.0. The molecule has 4 nitrogen and oxygen atoms in total. The van der Waals surface area contributed by atoms with Gasteiger partial charge >= 0.3 is 6.18 Å². The molecule has 1 heterocycles. The highest BCUT2D eigenvalue weighted by Gasteiger charge is 2.34. The molecular formula is C17H11ClF3N3O. The average molecular weight is 366 g/mol. The van der Waals surface area contributed by atoms with E-state index in [2.05, 4.69) is 15.2 Å². The number of benzene rings is 2. The Hall–Kier alpha value is -2.80. The summed E-state index contributed by atoms with van der Waals surface area (Å²) in [4.78, 5) is 16.1. The van der Waals surface area contributed by atoms with Gasteiger partial charge in [0.25, 0.3) is 5.56 Å². The summed E-state index contributed by atoms with van der Waals surface area (Å²) in [6, 6.07) is 11.5. The smallest absolute Gasteiger partial charge is 0.297 e. The van der Waals surface area contributed by atoms with Crippen molar-refractivity contribution in [1.82, 2.24) is 10.2 Å². The topological polar surface area (TPSA) is 61.0 Å². The molecule has 1 aromatic heterocycles. The van der Waals surface area contributed by atoms with Gasteiger partial charge in [-0.1, -0.05) is 29.8 Å². The highest BCUT2D eigenvalue weighted by Crippen LogP contribution is 2.36. The molecule has 128 valence electrons. The van der Waals surface area contributed by atoms with Crippen LogP contribution in [0.15, 0.2) is 58.3 Å². The number of hydrogen-bond acceptors (Lipinski definition) is 2. The summed E-state index contributed by atoms with van der Waals surface area (Å²) in [5.41, 5.74) is -0.996. The van der Waals surface area contributed by atoms with Gasteiger partial charge in [-0.3, -0.25) is 20.0 Å². The van der Waals surface area contributed by atoms with Gasteiger partial charge < -0.3 is 0 Å². The lowest BCUT2D eigenvalue weighted by atomic mass is 10.0. The van der Waals surface area contributed by atoms with Gasteiger partial charge in [0.2, 0.25) is 0 Å². The third kappa shape index (κ3) is 3.66. The van der Waals surface area contributed by atoms with E-state index in [1.807, 2.05) is 0 Å². The second-order valence-electron chi connectivity index (χ2n) is 5.15. The molecular weight excluding hydrogens is 355 g/mol. The lowest BCUT2D eigenvalue weighted by molar-refractivity contribution is -0.137. The van der Waals surface area contributed by atoms with Gasteiger partial charge in [-0.05, 0) is 30.3 Å². The van der Waals surface area contributed by atoms with Crippen molar-refractivity contribution in [2.45, 2.75) is 6.18 Å². The lowest BCUT2D eigenvalue weighted by Crippen LogP contribution is -2.09. The molecule has 0 unspecified atom stereocenters. The molecule has 2 N–H and O–H groups in total. The van der Waals surface area contributed by atoms with Crippen LogP contribution in [0.4, 0.5) is 18.9 Å². The van der Waals surface area contributed by atoms with E-state index in [9.17, 15) is 18.0 Å². The molecule has 0 amide bonds. The van der Waals surface area contributed by atoms with E-state index in [4.69, 9.17) is 11.6 Å². The second kappa shape index (κ2) is 6.60. The fourth-order valence-electron chi connectivity index (χ4n) is 2.32. The van der Waals surface area contributed by atoms with E-state index in [1.165, 1.54) is 24.4 Å². The van der Waals surface area contributed by atoms with Crippen molar-refractivity contribution in [2.24, 2.45) is 4.99 Å². The van der Waals surface area contributed by atoms with Gasteiger partial charge in [-0.25, -0.2) is 0 Å². The van der Waals surface area contributed by atoms with Gasteiger partial charge in [0.1, 0.15) is 0 Å². The van der Waals surface area contributed by atoms with Crippen LogP contribution in [0.3, 0.4) is 0 Å². The molecule has 25 heavy (non-hydrogen) atoms. The van der Waals surface area contributed by atoms with E-state index < -0.39 is 17.3 Å². The summed E-state index contributed by atoms with van der Waals surface area (Å²) in [5, 5.41) is 5.32. The van der Waals surface area contributed by atoms with Crippen LogP contribution < -0.4 is 5.56 Å². The Kier molecular flexibility index (Phi) is 4.50. The molecule has 0 saturated heterocycles. The molecule has 0 aliphatic rings. The highest BCUT2D eigenvalue weighted by molar-refractivity contribution is 6.30. The summed E-state index contributed by atoms with van der Waals surface area (Å²) in [5.74, 6) is 0. The predicted molar refractivity (Wildman–Crippen MR) is 90.6 cm³/mol. The minimum atomic E-state index is -4.55. The molecule has 0 radical (unpaired) electrons. The van der Waals surface area contributed by atoms with Crippen molar-refractivity contribution in [1.29, 1.82) is 0 Å². The molecule has 2 aromatic carbocycles. The monoisotopic (exact) mass is 365 g/mol. The normalized spacial score (nSPS) is 12.0. The number of aromatic nitrogens is 2. The van der Waals surface area contributed by atoms with E-state index in [-0.39, 0.29) is 16.8 Å². The second-order valence-corrected chi connectivity index (χ2v) is 5.58.